The Morgan fingerprint density at radius 3 is 2.42 bits per heavy atom. The summed E-state index contributed by atoms with van der Waals surface area (Å²) in [6.45, 7) is 6.00. The minimum absolute atomic E-state index is 0.0248. The first kappa shape index (κ1) is 15.3. The summed E-state index contributed by atoms with van der Waals surface area (Å²) in [4.78, 5) is 12.0. The molecule has 0 aliphatic heterocycles. The van der Waals surface area contributed by atoms with Crippen LogP contribution in [-0.2, 0) is 4.79 Å². The highest BCUT2D eigenvalue weighted by Gasteiger charge is 2.14. The average molecular weight is 264 g/mol. The molecule has 4 heteroatoms. The van der Waals surface area contributed by atoms with Gasteiger partial charge >= 0.3 is 0 Å². The molecule has 0 bridgehead atoms. The second kappa shape index (κ2) is 7.67. The highest BCUT2D eigenvalue weighted by atomic mass is 16.5. The van der Waals surface area contributed by atoms with Crippen molar-refractivity contribution in [2.24, 2.45) is 0 Å². The molecule has 1 aromatic rings. The van der Waals surface area contributed by atoms with Crippen molar-refractivity contribution in [3.05, 3.63) is 24.3 Å². The maximum Gasteiger partial charge on any atom is 0.242 e. The monoisotopic (exact) mass is 264 g/mol. The van der Waals surface area contributed by atoms with Crippen LogP contribution in [0.4, 0.5) is 5.69 Å². The van der Waals surface area contributed by atoms with Gasteiger partial charge in [-0.2, -0.15) is 0 Å². The van der Waals surface area contributed by atoms with Crippen LogP contribution in [0, 0.1) is 0 Å². The average Bonchev–Trinajstić information content (AvgIpc) is 2.39. The van der Waals surface area contributed by atoms with Gasteiger partial charge in [-0.15, -0.1) is 0 Å². The third kappa shape index (κ3) is 5.20. The first-order valence-corrected chi connectivity index (χ1v) is 6.77. The molecule has 0 fully saturated rings. The Morgan fingerprint density at radius 2 is 1.89 bits per heavy atom. The molecule has 0 radical (unpaired) electrons. The Hall–Kier alpha value is -1.71. The van der Waals surface area contributed by atoms with Crippen molar-refractivity contribution >= 4 is 11.6 Å². The summed E-state index contributed by atoms with van der Waals surface area (Å²) in [6.07, 6.45) is 2.07. The number of benzene rings is 1. The van der Waals surface area contributed by atoms with Crippen LogP contribution in [-0.4, -0.2) is 25.1 Å². The van der Waals surface area contributed by atoms with Gasteiger partial charge in [0.15, 0.2) is 0 Å². The normalized spacial score (nSPS) is 13.5. The van der Waals surface area contributed by atoms with Gasteiger partial charge in [-0.3, -0.25) is 4.79 Å². The molecule has 2 unspecified atom stereocenters. The number of amides is 1. The Labute approximate surface area is 115 Å². The fourth-order valence-electron chi connectivity index (χ4n) is 1.88. The lowest BCUT2D eigenvalue weighted by atomic mass is 10.2. The van der Waals surface area contributed by atoms with Crippen LogP contribution >= 0.6 is 0 Å². The number of rotatable bonds is 7. The number of carbonyl (C=O) groups is 1. The van der Waals surface area contributed by atoms with E-state index in [-0.39, 0.29) is 18.0 Å². The molecule has 106 valence electrons. The Balaban J connectivity index is 2.48. The van der Waals surface area contributed by atoms with E-state index in [1.165, 1.54) is 0 Å². The van der Waals surface area contributed by atoms with Gasteiger partial charge in [-0.25, -0.2) is 0 Å². The summed E-state index contributed by atoms with van der Waals surface area (Å²) in [5.74, 6) is 0.830. The minimum Gasteiger partial charge on any atom is -0.497 e. The fraction of sp³-hybridized carbons (Fsp3) is 0.533. The van der Waals surface area contributed by atoms with E-state index < -0.39 is 0 Å². The van der Waals surface area contributed by atoms with Crippen LogP contribution in [0.5, 0.6) is 5.75 Å². The van der Waals surface area contributed by atoms with Gasteiger partial charge in [0, 0.05) is 11.7 Å². The number of nitrogens with one attached hydrogen (secondary N) is 2. The molecule has 2 atom stereocenters. The molecule has 2 N–H and O–H groups in total. The van der Waals surface area contributed by atoms with Crippen molar-refractivity contribution in [1.29, 1.82) is 0 Å². The van der Waals surface area contributed by atoms with Crippen molar-refractivity contribution in [2.75, 3.05) is 12.4 Å². The van der Waals surface area contributed by atoms with Crippen molar-refractivity contribution in [3.8, 4) is 5.75 Å². The molecule has 1 aromatic carbocycles. The van der Waals surface area contributed by atoms with Crippen LogP contribution < -0.4 is 15.4 Å². The molecule has 1 amide bonds. The van der Waals surface area contributed by atoms with Crippen LogP contribution in [0.1, 0.15) is 33.6 Å². The number of hydrogen-bond donors (Lipinski definition) is 2. The first-order valence-electron chi connectivity index (χ1n) is 6.77. The molecule has 0 heterocycles. The Bertz CT molecular complexity index is 390. The van der Waals surface area contributed by atoms with Gasteiger partial charge < -0.3 is 15.4 Å². The van der Waals surface area contributed by atoms with Crippen molar-refractivity contribution in [2.45, 2.75) is 45.7 Å². The van der Waals surface area contributed by atoms with Crippen molar-refractivity contribution in [1.82, 2.24) is 5.32 Å². The lowest BCUT2D eigenvalue weighted by molar-refractivity contribution is -0.122. The number of hydrogen-bond acceptors (Lipinski definition) is 3. The van der Waals surface area contributed by atoms with Crippen LogP contribution in [0.3, 0.4) is 0 Å². The number of carbonyl (C=O) groups excluding carboxylic acids is 1. The van der Waals surface area contributed by atoms with Crippen molar-refractivity contribution < 1.29 is 9.53 Å². The molecule has 0 spiro atoms. The van der Waals surface area contributed by atoms with Gasteiger partial charge in [0.2, 0.25) is 5.91 Å². The van der Waals surface area contributed by atoms with E-state index in [4.69, 9.17) is 4.74 Å². The van der Waals surface area contributed by atoms with Crippen LogP contribution in [0.15, 0.2) is 24.3 Å². The smallest absolute Gasteiger partial charge is 0.242 e. The molecule has 0 aliphatic rings. The fourth-order valence-corrected chi connectivity index (χ4v) is 1.88. The van der Waals surface area contributed by atoms with Crippen LogP contribution in [0.2, 0.25) is 0 Å². The third-order valence-electron chi connectivity index (χ3n) is 2.98. The van der Waals surface area contributed by atoms with E-state index in [0.29, 0.717) is 0 Å². The summed E-state index contributed by atoms with van der Waals surface area (Å²) in [5.41, 5.74) is 0.909. The summed E-state index contributed by atoms with van der Waals surface area (Å²) in [7, 11) is 1.63. The summed E-state index contributed by atoms with van der Waals surface area (Å²) in [6, 6.07) is 7.50. The van der Waals surface area contributed by atoms with Gasteiger partial charge in [0.05, 0.1) is 7.11 Å². The Kier molecular flexibility index (Phi) is 6.19. The highest BCUT2D eigenvalue weighted by Crippen LogP contribution is 2.15. The van der Waals surface area contributed by atoms with Gasteiger partial charge in [-0.05, 0) is 44.5 Å². The van der Waals surface area contributed by atoms with Crippen LogP contribution in [0.25, 0.3) is 0 Å². The van der Waals surface area contributed by atoms with Gasteiger partial charge in [0.25, 0.3) is 0 Å². The molecule has 4 nitrogen and oxygen atoms in total. The maximum absolute atomic E-state index is 12.0. The molecular weight excluding hydrogens is 240 g/mol. The zero-order valence-electron chi connectivity index (χ0n) is 12.2. The predicted octanol–water partition coefficient (Wildman–Crippen LogP) is 2.80. The SMILES string of the molecule is CCCC(C)NC(=O)C(C)Nc1ccc(OC)cc1. The third-order valence-corrected chi connectivity index (χ3v) is 2.98. The molecule has 0 aliphatic carbocycles. The lowest BCUT2D eigenvalue weighted by Crippen LogP contribution is -2.42. The van der Waals surface area contributed by atoms with Gasteiger partial charge in [-0.1, -0.05) is 13.3 Å². The predicted molar refractivity (Wildman–Crippen MR) is 78.6 cm³/mol. The summed E-state index contributed by atoms with van der Waals surface area (Å²) in [5, 5.41) is 6.17. The molecule has 19 heavy (non-hydrogen) atoms. The molecule has 0 saturated heterocycles. The maximum atomic E-state index is 12.0. The topological polar surface area (TPSA) is 50.4 Å². The van der Waals surface area contributed by atoms with E-state index >= 15 is 0 Å². The molecule has 0 aromatic heterocycles. The van der Waals surface area contributed by atoms with E-state index in [9.17, 15) is 4.79 Å². The van der Waals surface area contributed by atoms with E-state index in [0.717, 1.165) is 24.3 Å². The van der Waals surface area contributed by atoms with Gasteiger partial charge in [0.1, 0.15) is 11.8 Å². The first-order chi connectivity index (χ1) is 9.06. The Morgan fingerprint density at radius 1 is 1.26 bits per heavy atom. The summed E-state index contributed by atoms with van der Waals surface area (Å²) >= 11 is 0. The zero-order chi connectivity index (χ0) is 14.3. The second-order valence-corrected chi connectivity index (χ2v) is 4.79. The van der Waals surface area contributed by atoms with E-state index in [2.05, 4.69) is 17.6 Å². The minimum atomic E-state index is -0.257. The quantitative estimate of drug-likeness (QED) is 0.796. The lowest BCUT2D eigenvalue weighted by Gasteiger charge is -2.19. The summed E-state index contributed by atoms with van der Waals surface area (Å²) < 4.78 is 5.09. The molecule has 1 rings (SSSR count). The zero-order valence-corrected chi connectivity index (χ0v) is 12.2. The standard InChI is InChI=1S/C15H24N2O2/c1-5-6-11(2)16-15(18)12(3)17-13-7-9-14(19-4)10-8-13/h7-12,17H,5-6H2,1-4H3,(H,16,18). The highest BCUT2D eigenvalue weighted by molar-refractivity contribution is 5.84. The number of ether oxygens (including phenoxy) is 1. The van der Waals surface area contributed by atoms with Crippen molar-refractivity contribution in [3.63, 3.8) is 0 Å². The molecular formula is C15H24N2O2. The van der Waals surface area contributed by atoms with E-state index in [1.807, 2.05) is 38.1 Å². The van der Waals surface area contributed by atoms with E-state index in [1.54, 1.807) is 7.11 Å². The number of anilines is 1. The largest absolute Gasteiger partial charge is 0.497 e. The second-order valence-electron chi connectivity index (χ2n) is 4.79. The molecule has 0 saturated carbocycles. The number of methoxy groups -OCH3 is 1.